The Morgan fingerprint density at radius 3 is 2.03 bits per heavy atom. The molecule has 2 unspecified atom stereocenters. The van der Waals surface area contributed by atoms with E-state index in [0.29, 0.717) is 5.56 Å². The number of hydrogen-bond acceptors (Lipinski definition) is 4. The number of oxime groups is 1. The van der Waals surface area contributed by atoms with Crippen LogP contribution in [0.4, 0.5) is 0 Å². The summed E-state index contributed by atoms with van der Waals surface area (Å²) in [5, 5.41) is 12.5. The summed E-state index contributed by atoms with van der Waals surface area (Å²) in [4.78, 5) is 12.6. The second kappa shape index (κ2) is 9.69. The molecule has 0 aliphatic carbocycles. The SMILES string of the molecule is CC(CC(=O)C(=NO)c1ccccc1)c1ccc(OC(C)c2ccccc2)cc1. The molecule has 0 aliphatic heterocycles. The molecule has 4 nitrogen and oxygen atoms in total. The van der Waals surface area contributed by atoms with Gasteiger partial charge in [-0.3, -0.25) is 4.79 Å². The van der Waals surface area contributed by atoms with Gasteiger partial charge in [0.15, 0.2) is 11.5 Å². The fourth-order valence-corrected chi connectivity index (χ4v) is 3.23. The standard InChI is InChI=1S/C25H25NO3/c1-18(17-24(27)25(26-28)22-11-7-4-8-12-22)20-13-15-23(16-14-20)29-19(2)21-9-5-3-6-10-21/h3-16,18-19,28H,17H2,1-2H3. The molecule has 0 aliphatic rings. The van der Waals surface area contributed by atoms with E-state index in [4.69, 9.17) is 4.74 Å². The van der Waals surface area contributed by atoms with E-state index in [1.165, 1.54) is 0 Å². The van der Waals surface area contributed by atoms with Crippen LogP contribution in [0.25, 0.3) is 0 Å². The Morgan fingerprint density at radius 2 is 1.45 bits per heavy atom. The molecule has 3 aromatic rings. The van der Waals surface area contributed by atoms with Gasteiger partial charge in [0.25, 0.3) is 0 Å². The molecule has 0 fully saturated rings. The largest absolute Gasteiger partial charge is 0.486 e. The van der Waals surface area contributed by atoms with Gasteiger partial charge in [-0.15, -0.1) is 0 Å². The van der Waals surface area contributed by atoms with Crippen LogP contribution in [-0.2, 0) is 4.79 Å². The van der Waals surface area contributed by atoms with E-state index in [2.05, 4.69) is 5.16 Å². The van der Waals surface area contributed by atoms with Gasteiger partial charge in [0, 0.05) is 12.0 Å². The van der Waals surface area contributed by atoms with Crippen molar-refractivity contribution in [1.82, 2.24) is 0 Å². The monoisotopic (exact) mass is 387 g/mol. The summed E-state index contributed by atoms with van der Waals surface area (Å²) in [6.45, 7) is 4.00. The molecular formula is C25H25NO3. The maximum Gasteiger partial charge on any atom is 0.185 e. The van der Waals surface area contributed by atoms with Crippen molar-refractivity contribution in [3.63, 3.8) is 0 Å². The van der Waals surface area contributed by atoms with Gasteiger partial charge < -0.3 is 9.94 Å². The number of rotatable bonds is 8. The van der Waals surface area contributed by atoms with E-state index in [1.807, 2.05) is 86.6 Å². The summed E-state index contributed by atoms with van der Waals surface area (Å²) < 4.78 is 6.01. The zero-order valence-electron chi connectivity index (χ0n) is 16.7. The van der Waals surface area contributed by atoms with Gasteiger partial charge in [0.1, 0.15) is 11.9 Å². The first-order valence-electron chi connectivity index (χ1n) is 9.70. The van der Waals surface area contributed by atoms with Gasteiger partial charge in [-0.25, -0.2) is 0 Å². The van der Waals surface area contributed by atoms with Gasteiger partial charge in [0.2, 0.25) is 0 Å². The lowest BCUT2D eigenvalue weighted by Crippen LogP contribution is -2.17. The minimum Gasteiger partial charge on any atom is -0.486 e. The summed E-state index contributed by atoms with van der Waals surface area (Å²) in [5.74, 6) is 0.582. The predicted octanol–water partition coefficient (Wildman–Crippen LogP) is 5.77. The fourth-order valence-electron chi connectivity index (χ4n) is 3.23. The Kier molecular flexibility index (Phi) is 6.80. The molecule has 0 heterocycles. The molecule has 0 radical (unpaired) electrons. The maximum absolute atomic E-state index is 12.6. The summed E-state index contributed by atoms with van der Waals surface area (Å²) in [6, 6.07) is 26.9. The minimum absolute atomic E-state index is 0.0106. The number of benzene rings is 3. The zero-order chi connectivity index (χ0) is 20.6. The molecule has 2 atom stereocenters. The van der Waals surface area contributed by atoms with Crippen LogP contribution in [0.5, 0.6) is 5.75 Å². The molecule has 0 saturated carbocycles. The van der Waals surface area contributed by atoms with Gasteiger partial charge in [-0.2, -0.15) is 0 Å². The van der Waals surface area contributed by atoms with E-state index in [1.54, 1.807) is 12.1 Å². The summed E-state index contributed by atoms with van der Waals surface area (Å²) in [7, 11) is 0. The number of ether oxygens (including phenoxy) is 1. The minimum atomic E-state index is -0.191. The Morgan fingerprint density at radius 1 is 0.862 bits per heavy atom. The number of nitrogens with zero attached hydrogens (tertiary/aromatic N) is 1. The van der Waals surface area contributed by atoms with E-state index < -0.39 is 0 Å². The highest BCUT2D eigenvalue weighted by atomic mass is 16.5. The second-order valence-electron chi connectivity index (χ2n) is 7.08. The zero-order valence-corrected chi connectivity index (χ0v) is 16.7. The second-order valence-corrected chi connectivity index (χ2v) is 7.08. The highest BCUT2D eigenvalue weighted by Crippen LogP contribution is 2.26. The average Bonchev–Trinajstić information content (AvgIpc) is 2.76. The smallest absolute Gasteiger partial charge is 0.185 e. The normalized spacial score (nSPS) is 13.5. The summed E-state index contributed by atoms with van der Waals surface area (Å²) in [5.41, 5.74) is 2.86. The molecule has 148 valence electrons. The van der Waals surface area contributed by atoms with Crippen LogP contribution < -0.4 is 4.74 Å². The van der Waals surface area contributed by atoms with Crippen LogP contribution in [0.3, 0.4) is 0 Å². The molecule has 0 bridgehead atoms. The quantitative estimate of drug-likeness (QED) is 0.303. The molecule has 0 aromatic heterocycles. The topological polar surface area (TPSA) is 58.9 Å². The third-order valence-corrected chi connectivity index (χ3v) is 4.93. The van der Waals surface area contributed by atoms with Crippen LogP contribution in [0.15, 0.2) is 90.1 Å². The number of hydrogen-bond donors (Lipinski definition) is 1. The lowest BCUT2D eigenvalue weighted by atomic mass is 9.92. The first-order chi connectivity index (χ1) is 14.1. The van der Waals surface area contributed by atoms with Crippen molar-refractivity contribution in [3.05, 3.63) is 102 Å². The Bertz CT molecular complexity index is 950. The highest BCUT2D eigenvalue weighted by Gasteiger charge is 2.19. The third kappa shape index (κ3) is 5.32. The van der Waals surface area contributed by atoms with Crippen LogP contribution >= 0.6 is 0 Å². The average molecular weight is 387 g/mol. The lowest BCUT2D eigenvalue weighted by Gasteiger charge is -2.16. The van der Waals surface area contributed by atoms with E-state index in [9.17, 15) is 10.0 Å². The molecule has 0 amide bonds. The van der Waals surface area contributed by atoms with Crippen LogP contribution in [-0.4, -0.2) is 16.7 Å². The van der Waals surface area contributed by atoms with Crippen molar-refractivity contribution in [2.45, 2.75) is 32.3 Å². The number of ketones is 1. The van der Waals surface area contributed by atoms with E-state index in [0.717, 1.165) is 16.9 Å². The maximum atomic E-state index is 12.6. The van der Waals surface area contributed by atoms with Crippen molar-refractivity contribution in [3.8, 4) is 5.75 Å². The fraction of sp³-hybridized carbons (Fsp3) is 0.200. The molecule has 3 aromatic carbocycles. The predicted molar refractivity (Wildman–Crippen MR) is 115 cm³/mol. The summed E-state index contributed by atoms with van der Waals surface area (Å²) in [6.07, 6.45) is 0.213. The first kappa shape index (κ1) is 20.3. The number of Topliss-reactive ketones (excluding diaryl/α,β-unsaturated/α-hetero) is 1. The number of carbonyl (C=O) groups is 1. The van der Waals surface area contributed by atoms with Gasteiger partial charge >= 0.3 is 0 Å². The Balaban J connectivity index is 1.63. The highest BCUT2D eigenvalue weighted by molar-refractivity contribution is 6.46. The van der Waals surface area contributed by atoms with Crippen molar-refractivity contribution in [2.75, 3.05) is 0 Å². The van der Waals surface area contributed by atoms with Crippen LogP contribution in [0.1, 0.15) is 49.0 Å². The van der Waals surface area contributed by atoms with Gasteiger partial charge in [0.05, 0.1) is 0 Å². The van der Waals surface area contributed by atoms with Crippen LogP contribution in [0.2, 0.25) is 0 Å². The molecule has 3 rings (SSSR count). The Labute approximate surface area is 171 Å². The molecule has 29 heavy (non-hydrogen) atoms. The first-order valence-corrected chi connectivity index (χ1v) is 9.70. The van der Waals surface area contributed by atoms with E-state index >= 15 is 0 Å². The van der Waals surface area contributed by atoms with Crippen LogP contribution in [0, 0.1) is 0 Å². The Hall–Kier alpha value is -3.40. The summed E-state index contributed by atoms with van der Waals surface area (Å²) >= 11 is 0. The molecular weight excluding hydrogens is 362 g/mol. The van der Waals surface area contributed by atoms with Gasteiger partial charge in [-0.05, 0) is 36.1 Å². The van der Waals surface area contributed by atoms with Crippen molar-refractivity contribution >= 4 is 11.5 Å². The van der Waals surface area contributed by atoms with E-state index in [-0.39, 0.29) is 29.9 Å². The lowest BCUT2D eigenvalue weighted by molar-refractivity contribution is -0.113. The van der Waals surface area contributed by atoms with Crippen molar-refractivity contribution in [1.29, 1.82) is 0 Å². The molecule has 4 heteroatoms. The molecule has 0 saturated heterocycles. The van der Waals surface area contributed by atoms with Gasteiger partial charge in [-0.1, -0.05) is 84.9 Å². The number of carbonyl (C=O) groups excluding carboxylic acids is 1. The van der Waals surface area contributed by atoms with Crippen molar-refractivity contribution in [2.24, 2.45) is 5.16 Å². The third-order valence-electron chi connectivity index (χ3n) is 4.93. The molecule has 1 N–H and O–H groups in total. The molecule has 0 spiro atoms. The van der Waals surface area contributed by atoms with Crippen molar-refractivity contribution < 1.29 is 14.7 Å².